The standard InChI is InChI=1S/C23H26N2O3S/c1-2-28-18-12-13-21-20(16-18)23(25-14-8-3-4-9-15-25)22(17-24-21)29(26,27)19-10-6-5-7-11-19/h5-7,10-13,16-17H,2-4,8-9,14-15H2,1H3. The zero-order valence-electron chi connectivity index (χ0n) is 16.7. The Kier molecular flexibility index (Phi) is 5.72. The highest BCUT2D eigenvalue weighted by Gasteiger charge is 2.27. The van der Waals surface area contributed by atoms with Gasteiger partial charge in [-0.25, -0.2) is 8.42 Å². The Bertz CT molecular complexity index is 1090. The van der Waals surface area contributed by atoms with Crippen molar-refractivity contribution in [3.8, 4) is 5.75 Å². The predicted octanol–water partition coefficient (Wildman–Crippen LogP) is 4.85. The molecule has 29 heavy (non-hydrogen) atoms. The first-order chi connectivity index (χ1) is 14.1. The van der Waals surface area contributed by atoms with Crippen molar-refractivity contribution in [2.45, 2.75) is 42.4 Å². The maximum Gasteiger partial charge on any atom is 0.210 e. The molecule has 2 aromatic carbocycles. The van der Waals surface area contributed by atoms with Crippen LogP contribution in [0.15, 0.2) is 64.5 Å². The molecule has 1 aliphatic heterocycles. The van der Waals surface area contributed by atoms with Gasteiger partial charge in [-0.2, -0.15) is 0 Å². The fourth-order valence-electron chi connectivity index (χ4n) is 3.94. The number of hydrogen-bond acceptors (Lipinski definition) is 5. The van der Waals surface area contributed by atoms with Crippen molar-refractivity contribution in [1.29, 1.82) is 0 Å². The van der Waals surface area contributed by atoms with E-state index < -0.39 is 9.84 Å². The molecule has 0 unspecified atom stereocenters. The van der Waals surface area contributed by atoms with Crippen molar-refractivity contribution >= 4 is 26.4 Å². The molecule has 4 rings (SSSR count). The van der Waals surface area contributed by atoms with Gasteiger partial charge in [-0.3, -0.25) is 4.98 Å². The minimum Gasteiger partial charge on any atom is -0.494 e. The summed E-state index contributed by atoms with van der Waals surface area (Å²) in [5.41, 5.74) is 1.53. The fourth-order valence-corrected chi connectivity index (χ4v) is 5.39. The third-order valence-corrected chi connectivity index (χ3v) is 7.12. The molecule has 0 amide bonds. The number of hydrogen-bond donors (Lipinski definition) is 0. The van der Waals surface area contributed by atoms with Crippen LogP contribution in [0.5, 0.6) is 5.75 Å². The summed E-state index contributed by atoms with van der Waals surface area (Å²) < 4.78 is 32.8. The van der Waals surface area contributed by atoms with Crippen molar-refractivity contribution in [2.24, 2.45) is 0 Å². The van der Waals surface area contributed by atoms with Gasteiger partial charge >= 0.3 is 0 Å². The normalized spacial score (nSPS) is 15.3. The second kappa shape index (κ2) is 8.41. The largest absolute Gasteiger partial charge is 0.494 e. The Morgan fingerprint density at radius 2 is 1.72 bits per heavy atom. The van der Waals surface area contributed by atoms with Gasteiger partial charge in [-0.05, 0) is 50.1 Å². The van der Waals surface area contributed by atoms with E-state index >= 15 is 0 Å². The third kappa shape index (κ3) is 3.94. The van der Waals surface area contributed by atoms with E-state index in [1.165, 1.54) is 19.0 Å². The summed E-state index contributed by atoms with van der Waals surface area (Å²) in [7, 11) is -3.69. The van der Waals surface area contributed by atoms with E-state index in [9.17, 15) is 8.42 Å². The molecule has 0 radical (unpaired) electrons. The van der Waals surface area contributed by atoms with Crippen LogP contribution in [0, 0.1) is 0 Å². The van der Waals surface area contributed by atoms with Crippen LogP contribution in [0.2, 0.25) is 0 Å². The number of sulfone groups is 1. The minimum atomic E-state index is -3.69. The molecule has 1 aliphatic rings. The SMILES string of the molecule is CCOc1ccc2ncc(S(=O)(=O)c3ccccc3)c(N3CCCCCC3)c2c1. The number of aromatic nitrogens is 1. The lowest BCUT2D eigenvalue weighted by Crippen LogP contribution is -2.26. The summed E-state index contributed by atoms with van der Waals surface area (Å²) in [6, 6.07) is 14.3. The van der Waals surface area contributed by atoms with Gasteiger partial charge < -0.3 is 9.64 Å². The lowest BCUT2D eigenvalue weighted by molar-refractivity contribution is 0.340. The highest BCUT2D eigenvalue weighted by atomic mass is 32.2. The van der Waals surface area contributed by atoms with Crippen LogP contribution in [0.4, 0.5) is 5.69 Å². The zero-order valence-corrected chi connectivity index (χ0v) is 17.5. The third-order valence-electron chi connectivity index (χ3n) is 5.35. The number of ether oxygens (including phenoxy) is 1. The first-order valence-electron chi connectivity index (χ1n) is 10.2. The summed E-state index contributed by atoms with van der Waals surface area (Å²) in [5.74, 6) is 0.729. The smallest absolute Gasteiger partial charge is 0.210 e. The summed E-state index contributed by atoms with van der Waals surface area (Å²) in [4.78, 5) is 7.28. The number of pyridine rings is 1. The molecule has 2 heterocycles. The molecule has 0 spiro atoms. The molecule has 152 valence electrons. The van der Waals surface area contributed by atoms with Crippen LogP contribution in [0.3, 0.4) is 0 Å². The Morgan fingerprint density at radius 1 is 1.00 bits per heavy atom. The Labute approximate surface area is 172 Å². The summed E-state index contributed by atoms with van der Waals surface area (Å²) in [5, 5.41) is 0.829. The van der Waals surface area contributed by atoms with Crippen molar-refractivity contribution < 1.29 is 13.2 Å². The van der Waals surface area contributed by atoms with Gasteiger partial charge in [0.1, 0.15) is 10.6 Å². The summed E-state index contributed by atoms with van der Waals surface area (Å²) in [6.45, 7) is 4.18. The Balaban J connectivity index is 1.97. The van der Waals surface area contributed by atoms with Gasteiger partial charge in [0.2, 0.25) is 9.84 Å². The van der Waals surface area contributed by atoms with E-state index in [-0.39, 0.29) is 9.79 Å². The molecule has 0 atom stereocenters. The topological polar surface area (TPSA) is 59.5 Å². The van der Waals surface area contributed by atoms with Crippen LogP contribution in [-0.2, 0) is 9.84 Å². The van der Waals surface area contributed by atoms with Gasteiger partial charge in [0.15, 0.2) is 0 Å². The van der Waals surface area contributed by atoms with Gasteiger partial charge in [-0.15, -0.1) is 0 Å². The molecule has 0 aliphatic carbocycles. The van der Waals surface area contributed by atoms with Gasteiger partial charge in [0.05, 0.1) is 22.7 Å². The predicted molar refractivity (Wildman–Crippen MR) is 115 cm³/mol. The minimum absolute atomic E-state index is 0.270. The molecule has 6 heteroatoms. The molecule has 0 bridgehead atoms. The number of nitrogens with zero attached hydrogens (tertiary/aromatic N) is 2. The van der Waals surface area contributed by atoms with E-state index in [1.807, 2.05) is 31.2 Å². The highest BCUT2D eigenvalue weighted by Crippen LogP contribution is 2.38. The number of benzene rings is 2. The monoisotopic (exact) mass is 410 g/mol. The molecule has 1 aromatic heterocycles. The van der Waals surface area contributed by atoms with E-state index in [0.717, 1.165) is 48.3 Å². The van der Waals surface area contributed by atoms with Crippen LogP contribution >= 0.6 is 0 Å². The Morgan fingerprint density at radius 3 is 2.41 bits per heavy atom. The van der Waals surface area contributed by atoms with Crippen molar-refractivity contribution in [3.05, 3.63) is 54.7 Å². The number of rotatable bonds is 5. The number of fused-ring (bicyclic) bond motifs is 1. The number of anilines is 1. The lowest BCUT2D eigenvalue weighted by atomic mass is 10.1. The van der Waals surface area contributed by atoms with E-state index in [1.54, 1.807) is 24.3 Å². The molecule has 1 saturated heterocycles. The molecular formula is C23H26N2O3S. The van der Waals surface area contributed by atoms with Crippen molar-refractivity contribution in [2.75, 3.05) is 24.6 Å². The van der Waals surface area contributed by atoms with Crippen LogP contribution < -0.4 is 9.64 Å². The maximum atomic E-state index is 13.5. The van der Waals surface area contributed by atoms with Gasteiger partial charge in [-0.1, -0.05) is 31.0 Å². The zero-order chi connectivity index (χ0) is 20.3. The lowest BCUT2D eigenvalue weighted by Gasteiger charge is -2.27. The Hall–Kier alpha value is -2.60. The first kappa shape index (κ1) is 19.7. The quantitative estimate of drug-likeness (QED) is 0.602. The summed E-state index contributed by atoms with van der Waals surface area (Å²) in [6.07, 6.45) is 5.97. The maximum absolute atomic E-state index is 13.5. The average molecular weight is 411 g/mol. The molecule has 0 saturated carbocycles. The second-order valence-electron chi connectivity index (χ2n) is 7.30. The van der Waals surface area contributed by atoms with Crippen LogP contribution in [-0.4, -0.2) is 33.1 Å². The van der Waals surface area contributed by atoms with Crippen LogP contribution in [0.25, 0.3) is 10.9 Å². The molecule has 3 aromatic rings. The summed E-state index contributed by atoms with van der Waals surface area (Å²) >= 11 is 0. The molecular weight excluding hydrogens is 384 g/mol. The molecule has 5 nitrogen and oxygen atoms in total. The van der Waals surface area contributed by atoms with E-state index in [4.69, 9.17) is 4.74 Å². The van der Waals surface area contributed by atoms with E-state index in [2.05, 4.69) is 9.88 Å². The molecule has 0 N–H and O–H groups in total. The first-order valence-corrected chi connectivity index (χ1v) is 11.7. The molecule has 1 fully saturated rings. The van der Waals surface area contributed by atoms with Crippen molar-refractivity contribution in [3.63, 3.8) is 0 Å². The van der Waals surface area contributed by atoms with Crippen molar-refractivity contribution in [1.82, 2.24) is 4.98 Å². The van der Waals surface area contributed by atoms with Gasteiger partial charge in [0.25, 0.3) is 0 Å². The van der Waals surface area contributed by atoms with Crippen LogP contribution in [0.1, 0.15) is 32.6 Å². The van der Waals surface area contributed by atoms with Gasteiger partial charge in [0, 0.05) is 24.7 Å². The van der Waals surface area contributed by atoms with E-state index in [0.29, 0.717) is 6.61 Å². The average Bonchev–Trinajstić information content (AvgIpc) is 3.03. The fraction of sp³-hybridized carbons (Fsp3) is 0.348. The second-order valence-corrected chi connectivity index (χ2v) is 9.22. The highest BCUT2D eigenvalue weighted by molar-refractivity contribution is 7.91.